The molecule has 4 aromatic rings. The van der Waals surface area contributed by atoms with Crippen LogP contribution in [-0.4, -0.2) is 62.9 Å². The number of piperazine rings is 1. The molecular formula is C23H21N5O3. The van der Waals surface area contributed by atoms with Crippen LogP contribution in [-0.2, 0) is 11.2 Å². The number of hydrogen-bond donors (Lipinski definition) is 1. The van der Waals surface area contributed by atoms with Gasteiger partial charge in [0.05, 0.1) is 6.42 Å². The highest BCUT2D eigenvalue weighted by atomic mass is 16.5. The zero-order valence-electron chi connectivity index (χ0n) is 16.8. The van der Waals surface area contributed by atoms with Gasteiger partial charge in [-0.25, -0.2) is 0 Å². The normalized spacial score (nSPS) is 14.2. The Labute approximate surface area is 178 Å². The molecule has 0 saturated carbocycles. The Morgan fingerprint density at radius 3 is 2.55 bits per heavy atom. The molecule has 0 unspecified atom stereocenters. The summed E-state index contributed by atoms with van der Waals surface area (Å²) >= 11 is 0. The van der Waals surface area contributed by atoms with Crippen LogP contribution >= 0.6 is 0 Å². The van der Waals surface area contributed by atoms with Crippen LogP contribution in [0.3, 0.4) is 0 Å². The molecule has 1 saturated heterocycles. The molecule has 1 N–H and O–H groups in total. The van der Waals surface area contributed by atoms with Gasteiger partial charge in [0.15, 0.2) is 11.5 Å². The Morgan fingerprint density at radius 2 is 1.74 bits per heavy atom. The second-order valence-electron chi connectivity index (χ2n) is 7.52. The number of hydrogen-bond acceptors (Lipinski definition) is 5. The van der Waals surface area contributed by atoms with Gasteiger partial charge in [-0.2, -0.15) is 0 Å². The second-order valence-corrected chi connectivity index (χ2v) is 7.52. The number of aromatic nitrogens is 3. The van der Waals surface area contributed by atoms with Crippen molar-refractivity contribution in [3.63, 3.8) is 0 Å². The Morgan fingerprint density at radius 1 is 1.00 bits per heavy atom. The van der Waals surface area contributed by atoms with Gasteiger partial charge in [-0.1, -0.05) is 23.4 Å². The first-order valence-corrected chi connectivity index (χ1v) is 10.2. The fraction of sp³-hybridized carbons (Fsp3) is 0.217. The van der Waals surface area contributed by atoms with Crippen LogP contribution in [0.1, 0.15) is 16.1 Å². The van der Waals surface area contributed by atoms with Crippen molar-refractivity contribution in [2.45, 2.75) is 6.42 Å². The zero-order chi connectivity index (χ0) is 21.2. The smallest absolute Gasteiger partial charge is 0.276 e. The van der Waals surface area contributed by atoms with E-state index in [2.05, 4.69) is 15.1 Å². The highest BCUT2D eigenvalue weighted by Gasteiger charge is 2.27. The molecule has 4 heterocycles. The standard InChI is InChI=1S/C23H21N5O3/c29-22(13-17-15-25-19-4-2-1-3-18(17)19)27-9-11-28(12-10-27)23(30)20-14-21(31-26-20)16-5-7-24-8-6-16/h1-8,14-15,25H,9-13H2. The van der Waals surface area contributed by atoms with Crippen molar-refractivity contribution in [3.8, 4) is 11.3 Å². The molecular weight excluding hydrogens is 394 g/mol. The number of fused-ring (bicyclic) bond motifs is 1. The molecule has 0 spiro atoms. The number of nitrogens with zero attached hydrogens (tertiary/aromatic N) is 4. The molecule has 1 aliphatic heterocycles. The number of aromatic amines is 1. The van der Waals surface area contributed by atoms with Crippen molar-refractivity contribution >= 4 is 22.7 Å². The molecule has 31 heavy (non-hydrogen) atoms. The molecule has 0 radical (unpaired) electrons. The Balaban J connectivity index is 1.20. The van der Waals surface area contributed by atoms with Crippen molar-refractivity contribution in [2.75, 3.05) is 26.2 Å². The Hall–Kier alpha value is -3.94. The lowest BCUT2D eigenvalue weighted by Gasteiger charge is -2.34. The minimum Gasteiger partial charge on any atom is -0.361 e. The number of amides is 2. The van der Waals surface area contributed by atoms with E-state index in [1.807, 2.05) is 35.4 Å². The number of nitrogens with one attached hydrogen (secondary N) is 1. The fourth-order valence-corrected chi connectivity index (χ4v) is 3.90. The summed E-state index contributed by atoms with van der Waals surface area (Å²) in [4.78, 5) is 36.3. The van der Waals surface area contributed by atoms with Gasteiger partial charge < -0.3 is 19.3 Å². The van der Waals surface area contributed by atoms with E-state index in [9.17, 15) is 9.59 Å². The molecule has 156 valence electrons. The number of benzene rings is 1. The largest absolute Gasteiger partial charge is 0.361 e. The molecule has 1 fully saturated rings. The molecule has 0 aliphatic carbocycles. The summed E-state index contributed by atoms with van der Waals surface area (Å²) in [5.74, 6) is 0.407. The maximum Gasteiger partial charge on any atom is 0.276 e. The summed E-state index contributed by atoms with van der Waals surface area (Å²) in [6.45, 7) is 1.94. The topological polar surface area (TPSA) is 95.3 Å². The molecule has 0 atom stereocenters. The number of carbonyl (C=O) groups excluding carboxylic acids is 2. The summed E-state index contributed by atoms with van der Waals surface area (Å²) in [5, 5.41) is 5.00. The average Bonchev–Trinajstić information content (AvgIpc) is 3.47. The summed E-state index contributed by atoms with van der Waals surface area (Å²) < 4.78 is 5.32. The first-order valence-electron chi connectivity index (χ1n) is 10.2. The quantitative estimate of drug-likeness (QED) is 0.553. The van der Waals surface area contributed by atoms with E-state index in [4.69, 9.17) is 4.52 Å². The summed E-state index contributed by atoms with van der Waals surface area (Å²) in [6, 6.07) is 13.2. The highest BCUT2D eigenvalue weighted by Crippen LogP contribution is 2.21. The molecule has 5 rings (SSSR count). The van der Waals surface area contributed by atoms with Crippen molar-refractivity contribution < 1.29 is 14.1 Å². The van der Waals surface area contributed by atoms with E-state index in [0.717, 1.165) is 22.0 Å². The van der Waals surface area contributed by atoms with Crippen LogP contribution in [0.5, 0.6) is 0 Å². The van der Waals surface area contributed by atoms with Crippen molar-refractivity contribution in [1.82, 2.24) is 24.9 Å². The van der Waals surface area contributed by atoms with Crippen LogP contribution in [0, 0.1) is 0 Å². The van der Waals surface area contributed by atoms with Gasteiger partial charge in [-0.15, -0.1) is 0 Å². The van der Waals surface area contributed by atoms with Gasteiger partial charge in [0.25, 0.3) is 5.91 Å². The van der Waals surface area contributed by atoms with Crippen molar-refractivity contribution in [2.24, 2.45) is 0 Å². The SMILES string of the molecule is O=C(Cc1c[nH]c2ccccc12)N1CCN(C(=O)c2cc(-c3ccncc3)on2)CC1. The molecule has 0 bridgehead atoms. The third kappa shape index (κ3) is 3.79. The summed E-state index contributed by atoms with van der Waals surface area (Å²) in [5.41, 5.74) is 3.10. The lowest BCUT2D eigenvalue weighted by Crippen LogP contribution is -2.51. The number of rotatable bonds is 4. The Kier molecular flexibility index (Phi) is 4.95. The predicted octanol–water partition coefficient (Wildman–Crippen LogP) is 2.75. The van der Waals surface area contributed by atoms with Crippen molar-refractivity contribution in [3.05, 3.63) is 72.3 Å². The minimum atomic E-state index is -0.187. The lowest BCUT2D eigenvalue weighted by molar-refractivity contribution is -0.131. The van der Waals surface area contributed by atoms with Crippen LogP contribution in [0.25, 0.3) is 22.2 Å². The van der Waals surface area contributed by atoms with Gasteiger partial charge in [0.2, 0.25) is 5.91 Å². The van der Waals surface area contributed by atoms with Gasteiger partial charge in [0, 0.05) is 67.3 Å². The number of para-hydroxylation sites is 1. The van der Waals surface area contributed by atoms with Crippen LogP contribution in [0.4, 0.5) is 0 Å². The maximum absolute atomic E-state index is 12.8. The first-order chi connectivity index (χ1) is 15.2. The number of H-pyrrole nitrogens is 1. The van der Waals surface area contributed by atoms with E-state index < -0.39 is 0 Å². The Bertz CT molecular complexity index is 1220. The monoisotopic (exact) mass is 415 g/mol. The minimum absolute atomic E-state index is 0.0678. The fourth-order valence-electron chi connectivity index (χ4n) is 3.90. The lowest BCUT2D eigenvalue weighted by atomic mass is 10.1. The van der Waals surface area contributed by atoms with Gasteiger partial charge in [-0.05, 0) is 23.8 Å². The molecule has 3 aromatic heterocycles. The van der Waals surface area contributed by atoms with Crippen molar-refractivity contribution in [1.29, 1.82) is 0 Å². The molecule has 1 aliphatic rings. The van der Waals surface area contributed by atoms with E-state index in [-0.39, 0.29) is 17.5 Å². The number of pyridine rings is 1. The van der Waals surface area contributed by atoms with E-state index in [1.165, 1.54) is 0 Å². The third-order valence-electron chi connectivity index (χ3n) is 5.63. The molecule has 8 nitrogen and oxygen atoms in total. The summed E-state index contributed by atoms with van der Waals surface area (Å²) in [6.07, 6.45) is 5.56. The van der Waals surface area contributed by atoms with E-state index in [1.54, 1.807) is 35.5 Å². The van der Waals surface area contributed by atoms with Gasteiger partial charge >= 0.3 is 0 Å². The van der Waals surface area contributed by atoms with Crippen LogP contribution in [0.15, 0.2) is 65.6 Å². The zero-order valence-corrected chi connectivity index (χ0v) is 16.8. The number of carbonyl (C=O) groups is 2. The molecule has 1 aromatic carbocycles. The predicted molar refractivity (Wildman–Crippen MR) is 114 cm³/mol. The molecule has 2 amide bonds. The average molecular weight is 415 g/mol. The third-order valence-corrected chi connectivity index (χ3v) is 5.63. The van der Waals surface area contributed by atoms with E-state index in [0.29, 0.717) is 38.4 Å². The van der Waals surface area contributed by atoms with E-state index >= 15 is 0 Å². The van der Waals surface area contributed by atoms with Crippen LogP contribution < -0.4 is 0 Å². The first kappa shape index (κ1) is 19.0. The van der Waals surface area contributed by atoms with Gasteiger partial charge in [0.1, 0.15) is 0 Å². The maximum atomic E-state index is 12.8. The highest BCUT2D eigenvalue weighted by molar-refractivity contribution is 5.93. The van der Waals surface area contributed by atoms with Crippen LogP contribution in [0.2, 0.25) is 0 Å². The molecule has 8 heteroatoms. The van der Waals surface area contributed by atoms with Gasteiger partial charge in [-0.3, -0.25) is 14.6 Å². The second kappa shape index (κ2) is 8.06. The summed E-state index contributed by atoms with van der Waals surface area (Å²) in [7, 11) is 0.